The molecule has 0 N–H and O–H groups in total. The first-order valence-corrected chi connectivity index (χ1v) is 10.8. The average Bonchev–Trinajstić information content (AvgIpc) is 3.09. The summed E-state index contributed by atoms with van der Waals surface area (Å²) < 4.78 is 6.76. The molecule has 0 radical (unpaired) electrons. The van der Waals surface area contributed by atoms with Crippen LogP contribution in [0.3, 0.4) is 0 Å². The van der Waals surface area contributed by atoms with Gasteiger partial charge < -0.3 is 9.64 Å². The fourth-order valence-corrected chi connectivity index (χ4v) is 5.58. The predicted molar refractivity (Wildman–Crippen MR) is 95.9 cm³/mol. The fourth-order valence-electron chi connectivity index (χ4n) is 1.72. The van der Waals surface area contributed by atoms with Crippen LogP contribution in [0.2, 0.25) is 0 Å². The summed E-state index contributed by atoms with van der Waals surface area (Å²) >= 11 is 6.18. The van der Waals surface area contributed by atoms with E-state index in [0.29, 0.717) is 29.7 Å². The Kier molecular flexibility index (Phi) is 7.74. The van der Waals surface area contributed by atoms with Crippen molar-refractivity contribution in [2.24, 2.45) is 0 Å². The zero-order valence-electron chi connectivity index (χ0n) is 12.8. The van der Waals surface area contributed by atoms with Gasteiger partial charge in [0.05, 0.1) is 23.5 Å². The van der Waals surface area contributed by atoms with Crippen LogP contribution in [0.4, 0.5) is 0 Å². The molecule has 6 nitrogen and oxygen atoms in total. The Hall–Kier alpha value is -0.710. The van der Waals surface area contributed by atoms with Crippen LogP contribution >= 0.6 is 46.6 Å². The molecular weight excluding hydrogens is 374 g/mol. The van der Waals surface area contributed by atoms with Gasteiger partial charge in [0.1, 0.15) is 0 Å². The monoisotopic (exact) mass is 391 g/mol. The number of amides is 1. The minimum atomic E-state index is -0.410. The number of ether oxygens (including phenoxy) is 1. The third-order valence-electron chi connectivity index (χ3n) is 2.63. The number of nitrogens with zero attached hydrogens (tertiary/aromatic N) is 3. The Morgan fingerprint density at radius 3 is 2.78 bits per heavy atom. The molecule has 0 atom stereocenters. The van der Waals surface area contributed by atoms with Crippen molar-refractivity contribution in [2.45, 2.75) is 22.5 Å². The van der Waals surface area contributed by atoms with Crippen LogP contribution < -0.4 is 0 Å². The van der Waals surface area contributed by atoms with E-state index < -0.39 is 5.97 Å². The van der Waals surface area contributed by atoms with E-state index in [4.69, 9.17) is 4.74 Å². The van der Waals surface area contributed by atoms with E-state index >= 15 is 0 Å². The molecule has 0 bridgehead atoms. The molecule has 126 valence electrons. The number of hydrogen-bond donors (Lipinski definition) is 0. The second-order valence-corrected chi connectivity index (χ2v) is 9.01. The van der Waals surface area contributed by atoms with Gasteiger partial charge in [-0.2, -0.15) is 0 Å². The normalized spacial score (nSPS) is 16.3. The molecule has 0 aromatic carbocycles. The van der Waals surface area contributed by atoms with Gasteiger partial charge in [0.15, 0.2) is 8.68 Å². The lowest BCUT2D eigenvalue weighted by Gasteiger charge is -2.16. The first kappa shape index (κ1) is 18.6. The van der Waals surface area contributed by atoms with E-state index in [0.717, 1.165) is 14.4 Å². The number of rotatable bonds is 8. The van der Waals surface area contributed by atoms with Crippen LogP contribution in [-0.2, 0) is 14.3 Å². The highest BCUT2D eigenvalue weighted by molar-refractivity contribution is 8.04. The minimum Gasteiger partial charge on any atom is -0.463 e. The molecule has 10 heteroatoms. The van der Waals surface area contributed by atoms with E-state index in [9.17, 15) is 9.59 Å². The molecule has 1 aliphatic rings. The number of hydrogen-bond acceptors (Lipinski definition) is 9. The standard InChI is InChI=1S/C13H17N3O3S4/c1-3-19-11(18)7-10-16(9(17)8-22-10)5-6-21-13-15-14-12(23-13)20-4-2/h7H,3-6,8H2,1-2H3/b10-7-. The van der Waals surface area contributed by atoms with Gasteiger partial charge >= 0.3 is 5.97 Å². The van der Waals surface area contributed by atoms with Crippen molar-refractivity contribution < 1.29 is 14.3 Å². The quantitative estimate of drug-likeness (QED) is 0.380. The zero-order valence-corrected chi connectivity index (χ0v) is 16.1. The van der Waals surface area contributed by atoms with Gasteiger partial charge in [0, 0.05) is 12.3 Å². The Balaban J connectivity index is 1.86. The molecule has 1 amide bonds. The molecule has 2 rings (SSSR count). The van der Waals surface area contributed by atoms with Gasteiger partial charge in [-0.15, -0.1) is 10.2 Å². The van der Waals surface area contributed by atoms with E-state index in [1.54, 1.807) is 46.7 Å². The number of carbonyl (C=O) groups is 2. The maximum atomic E-state index is 11.9. The molecular formula is C13H17N3O3S4. The average molecular weight is 392 g/mol. The van der Waals surface area contributed by atoms with E-state index in [-0.39, 0.29) is 5.91 Å². The summed E-state index contributed by atoms with van der Waals surface area (Å²) in [5, 5.41) is 8.88. The fraction of sp³-hybridized carbons (Fsp3) is 0.538. The van der Waals surface area contributed by atoms with E-state index in [2.05, 4.69) is 17.1 Å². The summed E-state index contributed by atoms with van der Waals surface area (Å²) in [6.45, 7) is 4.70. The van der Waals surface area contributed by atoms with Crippen molar-refractivity contribution in [1.82, 2.24) is 15.1 Å². The van der Waals surface area contributed by atoms with Crippen LogP contribution in [0.1, 0.15) is 13.8 Å². The number of thioether (sulfide) groups is 3. The third-order valence-corrected chi connectivity index (χ3v) is 6.71. The molecule has 0 spiro atoms. The van der Waals surface area contributed by atoms with Crippen LogP contribution in [0.25, 0.3) is 0 Å². The van der Waals surface area contributed by atoms with E-state index in [1.807, 2.05) is 0 Å². The van der Waals surface area contributed by atoms with Gasteiger partial charge in [0.25, 0.3) is 0 Å². The molecule has 23 heavy (non-hydrogen) atoms. The lowest BCUT2D eigenvalue weighted by molar-refractivity contribution is -0.137. The first-order valence-electron chi connectivity index (χ1n) is 7.04. The van der Waals surface area contributed by atoms with Crippen LogP contribution in [-0.4, -0.2) is 57.4 Å². The summed E-state index contributed by atoms with van der Waals surface area (Å²) in [7, 11) is 0. The molecule has 0 saturated carbocycles. The summed E-state index contributed by atoms with van der Waals surface area (Å²) in [5.74, 6) is 1.66. The van der Waals surface area contributed by atoms with Gasteiger partial charge in [0.2, 0.25) is 5.91 Å². The van der Waals surface area contributed by atoms with Crippen LogP contribution in [0, 0.1) is 0 Å². The highest BCUT2D eigenvalue weighted by Crippen LogP contribution is 2.31. The van der Waals surface area contributed by atoms with Crippen LogP contribution in [0.5, 0.6) is 0 Å². The lowest BCUT2D eigenvalue weighted by atomic mass is 10.5. The molecule has 0 aliphatic carbocycles. The summed E-state index contributed by atoms with van der Waals surface area (Å²) in [4.78, 5) is 25.1. The Labute approximate surface area is 151 Å². The Morgan fingerprint density at radius 1 is 1.35 bits per heavy atom. The molecule has 1 aromatic rings. The van der Waals surface area contributed by atoms with Crippen molar-refractivity contribution in [3.63, 3.8) is 0 Å². The van der Waals surface area contributed by atoms with Gasteiger partial charge in [-0.1, -0.05) is 53.5 Å². The van der Waals surface area contributed by atoms with E-state index in [1.165, 1.54) is 17.8 Å². The number of carbonyl (C=O) groups excluding carboxylic acids is 2. The zero-order chi connectivity index (χ0) is 16.7. The Morgan fingerprint density at radius 2 is 2.09 bits per heavy atom. The largest absolute Gasteiger partial charge is 0.463 e. The molecule has 1 saturated heterocycles. The highest BCUT2D eigenvalue weighted by atomic mass is 32.2. The Bertz CT molecular complexity index is 591. The molecule has 1 fully saturated rings. The van der Waals surface area contributed by atoms with Crippen molar-refractivity contribution in [1.29, 1.82) is 0 Å². The predicted octanol–water partition coefficient (Wildman–Crippen LogP) is 2.72. The molecule has 1 aromatic heterocycles. The molecule has 1 aliphatic heterocycles. The van der Waals surface area contributed by atoms with Crippen molar-refractivity contribution in [2.75, 3.05) is 30.4 Å². The smallest absolute Gasteiger partial charge is 0.333 e. The maximum Gasteiger partial charge on any atom is 0.333 e. The van der Waals surface area contributed by atoms with Crippen LogP contribution in [0.15, 0.2) is 19.8 Å². The molecule has 0 unspecified atom stereocenters. The maximum absolute atomic E-state index is 11.9. The third kappa shape index (κ3) is 5.70. The number of aromatic nitrogens is 2. The lowest BCUT2D eigenvalue weighted by Crippen LogP contribution is -2.27. The SMILES string of the molecule is CCOC(=O)/C=C1\SCC(=O)N1CCSc1nnc(SCC)s1. The van der Waals surface area contributed by atoms with Gasteiger partial charge in [-0.05, 0) is 12.7 Å². The van der Waals surface area contributed by atoms with Gasteiger partial charge in [-0.25, -0.2) is 4.79 Å². The topological polar surface area (TPSA) is 72.4 Å². The second-order valence-electron chi connectivity index (χ2n) is 4.18. The first-order chi connectivity index (χ1) is 11.1. The van der Waals surface area contributed by atoms with Crippen molar-refractivity contribution in [3.05, 3.63) is 11.1 Å². The van der Waals surface area contributed by atoms with Gasteiger partial charge in [-0.3, -0.25) is 4.79 Å². The second kappa shape index (κ2) is 9.55. The van der Waals surface area contributed by atoms with Crippen molar-refractivity contribution in [3.8, 4) is 0 Å². The minimum absolute atomic E-state index is 0.0191. The van der Waals surface area contributed by atoms with Crippen molar-refractivity contribution >= 4 is 58.5 Å². The summed E-state index contributed by atoms with van der Waals surface area (Å²) in [5.41, 5.74) is 0. The summed E-state index contributed by atoms with van der Waals surface area (Å²) in [6.07, 6.45) is 1.39. The number of esters is 1. The highest BCUT2D eigenvalue weighted by Gasteiger charge is 2.27. The molecule has 2 heterocycles. The summed E-state index contributed by atoms with van der Waals surface area (Å²) in [6, 6.07) is 0.